The van der Waals surface area contributed by atoms with E-state index in [-0.39, 0.29) is 5.91 Å². The number of nitrogens with one attached hydrogen (secondary N) is 1. The van der Waals surface area contributed by atoms with Gasteiger partial charge >= 0.3 is 7.12 Å². The quantitative estimate of drug-likeness (QED) is 0.857. The third kappa shape index (κ3) is 3.66. The van der Waals surface area contributed by atoms with Crippen molar-refractivity contribution in [3.05, 3.63) is 47.6 Å². The molecule has 1 aliphatic heterocycles. The highest BCUT2D eigenvalue weighted by molar-refractivity contribution is 6.56. The molecule has 1 fully saturated rings. The van der Waals surface area contributed by atoms with Gasteiger partial charge < -0.3 is 14.6 Å². The number of amides is 1. The van der Waals surface area contributed by atoms with E-state index in [0.29, 0.717) is 6.54 Å². The summed E-state index contributed by atoms with van der Waals surface area (Å²) in [6, 6.07) is 9.98. The average molecular weight is 352 g/mol. The molecule has 2 aromatic rings. The van der Waals surface area contributed by atoms with Crippen LogP contribution in [-0.4, -0.2) is 35.8 Å². The Kier molecular flexibility index (Phi) is 4.91. The molecule has 1 amide bonds. The summed E-state index contributed by atoms with van der Waals surface area (Å²) in [4.78, 5) is 16.0. The number of carbonyl (C=O) groups excluding carboxylic acids is 1. The number of carbonyl (C=O) groups is 1. The standard InChI is InChI=1S/C20H25BN2O3/c1-14(24)23-13-17(21-25-19(2,3)20(4,5)26-21)12-16-9-6-8-15-10-7-11-22-18(15)16/h6-12H,13H2,1-5H3,(H,23,24). The first-order chi connectivity index (χ1) is 12.2. The molecular weight excluding hydrogens is 327 g/mol. The minimum absolute atomic E-state index is 0.0940. The molecule has 1 aromatic carbocycles. The summed E-state index contributed by atoms with van der Waals surface area (Å²) in [5, 5.41) is 3.92. The fourth-order valence-corrected chi connectivity index (χ4v) is 2.87. The van der Waals surface area contributed by atoms with Crippen LogP contribution in [0.25, 0.3) is 17.0 Å². The SMILES string of the molecule is CC(=O)NCC(=Cc1cccc2cccnc12)B1OC(C)(C)C(C)(C)O1. The van der Waals surface area contributed by atoms with E-state index in [4.69, 9.17) is 9.31 Å². The molecule has 1 aromatic heterocycles. The summed E-state index contributed by atoms with van der Waals surface area (Å²) < 4.78 is 12.4. The molecule has 3 rings (SSSR count). The lowest BCUT2D eigenvalue weighted by atomic mass is 9.76. The van der Waals surface area contributed by atoms with Crippen LogP contribution in [0.3, 0.4) is 0 Å². The molecule has 1 N–H and O–H groups in total. The molecule has 1 saturated heterocycles. The molecule has 136 valence electrons. The maximum absolute atomic E-state index is 11.5. The monoisotopic (exact) mass is 352 g/mol. The Morgan fingerprint density at radius 3 is 2.46 bits per heavy atom. The van der Waals surface area contributed by atoms with Gasteiger partial charge in [-0.3, -0.25) is 9.78 Å². The number of aromatic nitrogens is 1. The van der Waals surface area contributed by atoms with Gasteiger partial charge in [-0.2, -0.15) is 0 Å². The minimum atomic E-state index is -0.522. The van der Waals surface area contributed by atoms with Gasteiger partial charge in [0.15, 0.2) is 0 Å². The highest BCUT2D eigenvalue weighted by atomic mass is 16.7. The number of rotatable bonds is 4. The van der Waals surface area contributed by atoms with Crippen molar-refractivity contribution in [1.29, 1.82) is 0 Å². The summed E-state index contributed by atoms with van der Waals surface area (Å²) in [5.41, 5.74) is 1.86. The minimum Gasteiger partial charge on any atom is -0.400 e. The lowest BCUT2D eigenvalue weighted by Gasteiger charge is -2.32. The maximum atomic E-state index is 11.5. The zero-order chi connectivity index (χ0) is 18.9. The summed E-state index contributed by atoms with van der Waals surface area (Å²) in [6.45, 7) is 9.92. The van der Waals surface area contributed by atoms with Crippen LogP contribution in [0.4, 0.5) is 0 Å². The number of fused-ring (bicyclic) bond motifs is 1. The van der Waals surface area contributed by atoms with Crippen molar-refractivity contribution in [3.8, 4) is 0 Å². The molecule has 0 aliphatic carbocycles. The Balaban J connectivity index is 2.01. The molecule has 0 atom stereocenters. The number of nitrogens with zero attached hydrogens (tertiary/aromatic N) is 1. The average Bonchev–Trinajstić information content (AvgIpc) is 2.79. The van der Waals surface area contributed by atoms with Crippen molar-refractivity contribution in [3.63, 3.8) is 0 Å². The van der Waals surface area contributed by atoms with E-state index in [1.807, 2.05) is 64.1 Å². The van der Waals surface area contributed by atoms with Crippen molar-refractivity contribution < 1.29 is 14.1 Å². The van der Waals surface area contributed by atoms with Crippen LogP contribution in [0.5, 0.6) is 0 Å². The van der Waals surface area contributed by atoms with Crippen LogP contribution in [0, 0.1) is 0 Å². The first-order valence-corrected chi connectivity index (χ1v) is 8.84. The lowest BCUT2D eigenvalue weighted by molar-refractivity contribution is -0.118. The number of pyridine rings is 1. The second-order valence-corrected chi connectivity index (χ2v) is 7.64. The Hall–Kier alpha value is -2.18. The third-order valence-electron chi connectivity index (χ3n) is 5.10. The van der Waals surface area contributed by atoms with Crippen molar-refractivity contribution in [2.75, 3.05) is 6.54 Å². The van der Waals surface area contributed by atoms with Crippen molar-refractivity contribution in [2.45, 2.75) is 45.8 Å². The first kappa shape index (κ1) is 18.6. The van der Waals surface area contributed by atoms with E-state index >= 15 is 0 Å². The smallest absolute Gasteiger partial charge is 0.400 e. The summed E-state index contributed by atoms with van der Waals surface area (Å²) in [6.07, 6.45) is 3.79. The Morgan fingerprint density at radius 1 is 1.15 bits per heavy atom. The number of para-hydroxylation sites is 1. The Morgan fingerprint density at radius 2 is 1.81 bits per heavy atom. The molecular formula is C20H25BN2O3. The van der Waals surface area contributed by atoms with Crippen molar-refractivity contribution >= 4 is 30.0 Å². The van der Waals surface area contributed by atoms with Gasteiger partial charge in [0.05, 0.1) is 16.7 Å². The van der Waals surface area contributed by atoms with Gasteiger partial charge in [-0.15, -0.1) is 0 Å². The van der Waals surface area contributed by atoms with E-state index in [2.05, 4.69) is 10.3 Å². The molecule has 0 unspecified atom stereocenters. The highest BCUT2D eigenvalue weighted by Crippen LogP contribution is 2.38. The molecule has 26 heavy (non-hydrogen) atoms. The van der Waals surface area contributed by atoms with Gasteiger partial charge in [-0.1, -0.05) is 30.3 Å². The Labute approximate surface area is 154 Å². The number of hydrogen-bond donors (Lipinski definition) is 1. The van der Waals surface area contributed by atoms with Crippen LogP contribution < -0.4 is 5.32 Å². The van der Waals surface area contributed by atoms with Crippen molar-refractivity contribution in [1.82, 2.24) is 10.3 Å². The fourth-order valence-electron chi connectivity index (χ4n) is 2.87. The van der Waals surface area contributed by atoms with Crippen LogP contribution >= 0.6 is 0 Å². The van der Waals surface area contributed by atoms with Gasteiger partial charge in [0.1, 0.15) is 0 Å². The largest absolute Gasteiger partial charge is 0.492 e. The van der Waals surface area contributed by atoms with E-state index in [9.17, 15) is 4.79 Å². The van der Waals surface area contributed by atoms with E-state index in [0.717, 1.165) is 21.9 Å². The lowest BCUT2D eigenvalue weighted by Crippen LogP contribution is -2.41. The van der Waals surface area contributed by atoms with Gasteiger partial charge in [-0.25, -0.2) is 0 Å². The van der Waals surface area contributed by atoms with E-state index in [1.54, 1.807) is 6.20 Å². The molecule has 0 bridgehead atoms. The molecule has 2 heterocycles. The van der Waals surface area contributed by atoms with Gasteiger partial charge in [0.2, 0.25) is 5.91 Å². The second-order valence-electron chi connectivity index (χ2n) is 7.64. The van der Waals surface area contributed by atoms with Gasteiger partial charge in [-0.05, 0) is 39.2 Å². The zero-order valence-electron chi connectivity index (χ0n) is 16.0. The molecule has 0 radical (unpaired) electrons. The van der Waals surface area contributed by atoms with Gasteiger partial charge in [0.25, 0.3) is 0 Å². The molecule has 5 nitrogen and oxygen atoms in total. The Bertz CT molecular complexity index is 840. The topological polar surface area (TPSA) is 60.5 Å². The fraction of sp³-hybridized carbons (Fsp3) is 0.400. The number of hydrogen-bond acceptors (Lipinski definition) is 4. The van der Waals surface area contributed by atoms with Crippen LogP contribution in [0.1, 0.15) is 40.2 Å². The normalized spacial score (nSPS) is 19.0. The molecule has 1 aliphatic rings. The predicted octanol–water partition coefficient (Wildman–Crippen LogP) is 3.39. The van der Waals surface area contributed by atoms with Crippen LogP contribution in [0.15, 0.2) is 42.0 Å². The van der Waals surface area contributed by atoms with Crippen LogP contribution in [0.2, 0.25) is 0 Å². The van der Waals surface area contributed by atoms with Gasteiger partial charge in [0, 0.05) is 30.6 Å². The first-order valence-electron chi connectivity index (χ1n) is 8.84. The molecule has 0 spiro atoms. The third-order valence-corrected chi connectivity index (χ3v) is 5.10. The van der Waals surface area contributed by atoms with Crippen molar-refractivity contribution in [2.24, 2.45) is 0 Å². The second kappa shape index (κ2) is 6.85. The molecule has 6 heteroatoms. The highest BCUT2D eigenvalue weighted by Gasteiger charge is 2.52. The predicted molar refractivity (Wildman–Crippen MR) is 104 cm³/mol. The molecule has 0 saturated carbocycles. The summed E-state index contributed by atoms with van der Waals surface area (Å²) in [5.74, 6) is -0.0940. The summed E-state index contributed by atoms with van der Waals surface area (Å²) in [7, 11) is -0.522. The van der Waals surface area contributed by atoms with E-state index < -0.39 is 18.3 Å². The van der Waals surface area contributed by atoms with E-state index in [1.165, 1.54) is 6.92 Å². The maximum Gasteiger partial charge on any atom is 0.492 e. The zero-order valence-corrected chi connectivity index (χ0v) is 16.0. The number of benzene rings is 1. The van der Waals surface area contributed by atoms with Crippen LogP contribution in [-0.2, 0) is 14.1 Å². The summed E-state index contributed by atoms with van der Waals surface area (Å²) >= 11 is 0.